The van der Waals surface area contributed by atoms with Gasteiger partial charge in [-0.25, -0.2) is 9.78 Å². The second-order valence-corrected chi connectivity index (χ2v) is 8.45. The number of carboxylic acids is 1. The molecule has 3 aromatic rings. The first kappa shape index (κ1) is 23.0. The number of carboxylic acid groups (broad SMARTS) is 1. The fourth-order valence-electron chi connectivity index (χ4n) is 4.00. The van der Waals surface area contributed by atoms with Crippen LogP contribution in [0.2, 0.25) is 0 Å². The van der Waals surface area contributed by atoms with Crippen LogP contribution < -0.4 is 19.9 Å². The minimum absolute atomic E-state index is 0.00455. The fourth-order valence-corrected chi connectivity index (χ4v) is 4.00. The van der Waals surface area contributed by atoms with Crippen molar-refractivity contribution in [3.8, 4) is 5.75 Å². The van der Waals surface area contributed by atoms with Crippen molar-refractivity contribution in [2.45, 2.75) is 20.3 Å². The SMILES string of the molecule is CCC1(C)CN(c2ccccc2)c2nc(Nc3ccc(C(=O)O)cc3OC)ncc2N(C)C1=O. The van der Waals surface area contributed by atoms with Gasteiger partial charge in [-0.1, -0.05) is 25.1 Å². The molecule has 0 radical (unpaired) electrons. The molecule has 1 atom stereocenters. The number of methoxy groups -OCH3 is 1. The van der Waals surface area contributed by atoms with Crippen LogP contribution in [0, 0.1) is 5.41 Å². The number of aromatic nitrogens is 2. The number of rotatable bonds is 6. The second kappa shape index (κ2) is 9.01. The smallest absolute Gasteiger partial charge is 0.335 e. The third-order valence-electron chi connectivity index (χ3n) is 6.24. The van der Waals surface area contributed by atoms with Gasteiger partial charge in [0.1, 0.15) is 11.4 Å². The molecule has 176 valence electrons. The number of anilines is 5. The molecular weight excluding hydrogens is 434 g/mol. The lowest BCUT2D eigenvalue weighted by Gasteiger charge is -2.32. The first-order chi connectivity index (χ1) is 16.3. The van der Waals surface area contributed by atoms with Crippen molar-refractivity contribution < 1.29 is 19.4 Å². The summed E-state index contributed by atoms with van der Waals surface area (Å²) < 4.78 is 5.36. The molecule has 9 nitrogen and oxygen atoms in total. The largest absolute Gasteiger partial charge is 0.495 e. The molecule has 0 saturated heterocycles. The zero-order valence-electron chi connectivity index (χ0n) is 19.6. The number of fused-ring (bicyclic) bond motifs is 1. The molecule has 0 aliphatic carbocycles. The molecule has 2 aromatic carbocycles. The number of carbonyl (C=O) groups excluding carboxylic acids is 1. The molecule has 1 aliphatic heterocycles. The van der Waals surface area contributed by atoms with E-state index in [2.05, 4.69) is 10.3 Å². The van der Waals surface area contributed by atoms with Crippen molar-refractivity contribution in [1.29, 1.82) is 0 Å². The van der Waals surface area contributed by atoms with E-state index in [1.165, 1.54) is 19.2 Å². The van der Waals surface area contributed by atoms with Crippen LogP contribution in [0.4, 0.5) is 28.8 Å². The van der Waals surface area contributed by atoms with Crippen molar-refractivity contribution in [3.63, 3.8) is 0 Å². The van der Waals surface area contributed by atoms with Crippen LogP contribution >= 0.6 is 0 Å². The summed E-state index contributed by atoms with van der Waals surface area (Å²) in [7, 11) is 3.21. The third kappa shape index (κ3) is 4.12. The van der Waals surface area contributed by atoms with Crippen molar-refractivity contribution in [3.05, 3.63) is 60.3 Å². The number of aromatic carboxylic acids is 1. The predicted molar refractivity (Wildman–Crippen MR) is 131 cm³/mol. The number of para-hydroxylation sites is 1. The van der Waals surface area contributed by atoms with Crippen LogP contribution in [-0.4, -0.2) is 47.7 Å². The first-order valence-electron chi connectivity index (χ1n) is 10.9. The number of hydrogen-bond acceptors (Lipinski definition) is 7. The molecular formula is C25H27N5O4. The Bertz CT molecular complexity index is 1230. The molecule has 0 spiro atoms. The Morgan fingerprint density at radius 3 is 2.62 bits per heavy atom. The van der Waals surface area contributed by atoms with E-state index in [1.807, 2.05) is 49.1 Å². The molecule has 2 N–H and O–H groups in total. The molecule has 34 heavy (non-hydrogen) atoms. The molecule has 1 unspecified atom stereocenters. The van der Waals surface area contributed by atoms with Crippen LogP contribution in [0.15, 0.2) is 54.7 Å². The number of benzene rings is 2. The summed E-state index contributed by atoms with van der Waals surface area (Å²) in [6.45, 7) is 4.43. The van der Waals surface area contributed by atoms with Crippen LogP contribution in [0.25, 0.3) is 0 Å². The van der Waals surface area contributed by atoms with Crippen LogP contribution in [-0.2, 0) is 4.79 Å². The highest BCUT2D eigenvalue weighted by Gasteiger charge is 2.41. The van der Waals surface area contributed by atoms with Gasteiger partial charge in [-0.3, -0.25) is 4.79 Å². The monoisotopic (exact) mass is 461 g/mol. The minimum atomic E-state index is -1.05. The Labute approximate surface area is 198 Å². The first-order valence-corrected chi connectivity index (χ1v) is 10.9. The summed E-state index contributed by atoms with van der Waals surface area (Å²) in [4.78, 5) is 37.5. The Morgan fingerprint density at radius 2 is 1.97 bits per heavy atom. The van der Waals surface area contributed by atoms with E-state index in [-0.39, 0.29) is 11.5 Å². The van der Waals surface area contributed by atoms with Crippen LogP contribution in [0.1, 0.15) is 30.6 Å². The van der Waals surface area contributed by atoms with Gasteiger partial charge in [-0.05, 0) is 43.7 Å². The van der Waals surface area contributed by atoms with E-state index in [4.69, 9.17) is 9.72 Å². The molecule has 0 fully saturated rings. The number of nitrogens with one attached hydrogen (secondary N) is 1. The van der Waals surface area contributed by atoms with E-state index < -0.39 is 11.4 Å². The molecule has 1 amide bonds. The normalized spacial score (nSPS) is 17.7. The van der Waals surface area contributed by atoms with E-state index >= 15 is 0 Å². The Hall–Kier alpha value is -4.14. The molecule has 4 rings (SSSR count). The lowest BCUT2D eigenvalue weighted by atomic mass is 9.85. The van der Waals surface area contributed by atoms with E-state index in [0.29, 0.717) is 41.9 Å². The maximum atomic E-state index is 13.3. The van der Waals surface area contributed by atoms with Gasteiger partial charge in [-0.15, -0.1) is 0 Å². The number of ether oxygens (including phenoxy) is 1. The highest BCUT2D eigenvalue weighted by molar-refractivity contribution is 6.02. The van der Waals surface area contributed by atoms with Crippen LogP contribution in [0.3, 0.4) is 0 Å². The Morgan fingerprint density at radius 1 is 1.24 bits per heavy atom. The zero-order valence-corrected chi connectivity index (χ0v) is 19.6. The number of hydrogen-bond donors (Lipinski definition) is 2. The van der Waals surface area contributed by atoms with Gasteiger partial charge >= 0.3 is 5.97 Å². The average molecular weight is 462 g/mol. The molecule has 0 saturated carbocycles. The van der Waals surface area contributed by atoms with Gasteiger partial charge in [0.05, 0.1) is 30.0 Å². The van der Waals surface area contributed by atoms with Gasteiger partial charge in [0, 0.05) is 19.3 Å². The second-order valence-electron chi connectivity index (χ2n) is 8.45. The van der Waals surface area contributed by atoms with E-state index in [9.17, 15) is 14.7 Å². The molecule has 1 aliphatic rings. The van der Waals surface area contributed by atoms with Crippen molar-refractivity contribution in [2.75, 3.05) is 35.8 Å². The molecule has 9 heteroatoms. The fraction of sp³-hybridized carbons (Fsp3) is 0.280. The number of amides is 1. The minimum Gasteiger partial charge on any atom is -0.495 e. The summed E-state index contributed by atoms with van der Waals surface area (Å²) in [5, 5.41) is 12.4. The third-order valence-corrected chi connectivity index (χ3v) is 6.24. The van der Waals surface area contributed by atoms with Crippen LogP contribution in [0.5, 0.6) is 5.75 Å². The molecule has 2 heterocycles. The summed E-state index contributed by atoms with van der Waals surface area (Å²) in [6, 6.07) is 14.3. The van der Waals surface area contributed by atoms with E-state index in [0.717, 1.165) is 5.69 Å². The summed E-state index contributed by atoms with van der Waals surface area (Å²) in [6.07, 6.45) is 2.29. The van der Waals surface area contributed by atoms with Gasteiger partial charge in [0.2, 0.25) is 11.9 Å². The Kier molecular flexibility index (Phi) is 6.10. The quantitative estimate of drug-likeness (QED) is 0.554. The lowest BCUT2D eigenvalue weighted by Crippen LogP contribution is -2.43. The number of nitrogens with zero attached hydrogens (tertiary/aromatic N) is 4. The highest BCUT2D eigenvalue weighted by Crippen LogP contribution is 2.42. The zero-order chi connectivity index (χ0) is 24.5. The Balaban J connectivity index is 1.80. The van der Waals surface area contributed by atoms with Gasteiger partial charge in [0.15, 0.2) is 5.82 Å². The summed E-state index contributed by atoms with van der Waals surface area (Å²) >= 11 is 0. The maximum absolute atomic E-state index is 13.3. The number of carbonyl (C=O) groups is 2. The topological polar surface area (TPSA) is 108 Å². The van der Waals surface area contributed by atoms with Gasteiger partial charge in [0.25, 0.3) is 0 Å². The van der Waals surface area contributed by atoms with Gasteiger partial charge in [-0.2, -0.15) is 4.98 Å². The van der Waals surface area contributed by atoms with Gasteiger partial charge < -0.3 is 25.0 Å². The summed E-state index contributed by atoms with van der Waals surface area (Å²) in [5.74, 6) is 0.199. The highest BCUT2D eigenvalue weighted by atomic mass is 16.5. The maximum Gasteiger partial charge on any atom is 0.335 e. The van der Waals surface area contributed by atoms with E-state index in [1.54, 1.807) is 24.2 Å². The predicted octanol–water partition coefficient (Wildman–Crippen LogP) is 4.46. The van der Waals surface area contributed by atoms with Crippen molar-refractivity contribution in [2.24, 2.45) is 5.41 Å². The molecule has 0 bridgehead atoms. The van der Waals surface area contributed by atoms with Crippen molar-refractivity contribution in [1.82, 2.24) is 9.97 Å². The summed E-state index contributed by atoms with van der Waals surface area (Å²) in [5.41, 5.74) is 1.54. The lowest BCUT2D eigenvalue weighted by molar-refractivity contribution is -0.126. The average Bonchev–Trinajstić information content (AvgIpc) is 2.94. The standard InChI is InChI=1S/C25H27N5O4/c1-5-25(2)15-30(17-9-7-6-8-10-17)21-19(29(3)23(25)33)14-26-24(28-21)27-18-12-11-16(22(31)32)13-20(18)34-4/h6-14H,5,15H2,1-4H3,(H,31,32)(H,26,27,28). The molecule has 1 aromatic heterocycles. The van der Waals surface area contributed by atoms with Crippen molar-refractivity contribution >= 4 is 40.7 Å².